The molecule has 0 saturated heterocycles. The average molecular weight is 169 g/mol. The Kier molecular flexibility index (Phi) is 2.67. The lowest BCUT2D eigenvalue weighted by Crippen LogP contribution is -2.02. The lowest BCUT2D eigenvalue weighted by molar-refractivity contribution is 0.616. The Balaban J connectivity index is 2.77. The zero-order valence-electron chi connectivity index (χ0n) is 6.29. The molecule has 1 heterocycles. The van der Waals surface area contributed by atoms with E-state index in [0.29, 0.717) is 5.03 Å². The summed E-state index contributed by atoms with van der Waals surface area (Å²) in [7, 11) is 0. The van der Waals surface area contributed by atoms with Crippen molar-refractivity contribution < 1.29 is 0 Å². The highest BCUT2D eigenvalue weighted by molar-refractivity contribution is 6.39. The van der Waals surface area contributed by atoms with Gasteiger partial charge in [0.15, 0.2) is 0 Å². The van der Waals surface area contributed by atoms with Crippen LogP contribution in [0.15, 0.2) is 16.1 Å². The monoisotopic (exact) mass is 168 g/mol. The summed E-state index contributed by atoms with van der Waals surface area (Å²) in [6.07, 6.45) is 4.13. The molecular formula is C8H9ClN2. The van der Waals surface area contributed by atoms with Gasteiger partial charge in [-0.05, 0) is 19.4 Å². The Morgan fingerprint density at radius 1 is 1.82 bits per heavy atom. The third-order valence-corrected chi connectivity index (χ3v) is 1.80. The van der Waals surface area contributed by atoms with E-state index in [1.54, 1.807) is 12.3 Å². The van der Waals surface area contributed by atoms with Crippen molar-refractivity contribution in [3.05, 3.63) is 11.1 Å². The lowest BCUT2D eigenvalue weighted by Gasteiger charge is -2.03. The Morgan fingerprint density at radius 2 is 2.55 bits per heavy atom. The summed E-state index contributed by atoms with van der Waals surface area (Å²) in [4.78, 5) is 4.13. The van der Waals surface area contributed by atoms with Crippen LogP contribution in [0.2, 0.25) is 0 Å². The summed E-state index contributed by atoms with van der Waals surface area (Å²) in [5, 5.41) is 9.21. The molecule has 0 fully saturated rings. The van der Waals surface area contributed by atoms with Crippen LogP contribution in [-0.4, -0.2) is 12.3 Å². The van der Waals surface area contributed by atoms with Crippen LogP contribution in [-0.2, 0) is 0 Å². The minimum absolute atomic E-state index is 0.0833. The summed E-state index contributed by atoms with van der Waals surface area (Å²) in [5.74, 6) is -0.0833. The Hall–Kier alpha value is -0.810. The molecule has 1 aliphatic heterocycles. The maximum absolute atomic E-state index is 8.64. The largest absolute Gasteiger partial charge is 0.289 e. The van der Waals surface area contributed by atoms with Crippen molar-refractivity contribution in [3.8, 4) is 6.07 Å². The maximum Gasteiger partial charge on any atom is 0.0698 e. The third-order valence-electron chi connectivity index (χ3n) is 1.57. The number of hydrogen-bond acceptors (Lipinski definition) is 2. The van der Waals surface area contributed by atoms with Crippen LogP contribution in [0.1, 0.15) is 13.3 Å². The van der Waals surface area contributed by atoms with Crippen LogP contribution in [0.5, 0.6) is 0 Å². The van der Waals surface area contributed by atoms with Gasteiger partial charge in [0.1, 0.15) is 0 Å². The molecule has 0 aromatic rings. The van der Waals surface area contributed by atoms with Gasteiger partial charge < -0.3 is 0 Å². The quantitative estimate of drug-likeness (QED) is 0.546. The molecule has 11 heavy (non-hydrogen) atoms. The van der Waals surface area contributed by atoms with Crippen molar-refractivity contribution in [1.82, 2.24) is 0 Å². The fourth-order valence-electron chi connectivity index (χ4n) is 1.02. The predicted molar refractivity (Wildman–Crippen MR) is 45.6 cm³/mol. The first-order chi connectivity index (χ1) is 5.22. The summed E-state index contributed by atoms with van der Waals surface area (Å²) in [5.41, 5.74) is 0. The SMILES string of the molecule is CC1CC(C#N)C=C(Cl)C=N1. The first kappa shape index (κ1) is 8.29. The molecule has 3 heteroatoms. The minimum Gasteiger partial charge on any atom is -0.289 e. The van der Waals surface area contributed by atoms with Crippen molar-refractivity contribution in [2.24, 2.45) is 10.9 Å². The molecule has 2 nitrogen and oxygen atoms in total. The van der Waals surface area contributed by atoms with E-state index in [1.807, 2.05) is 6.92 Å². The number of nitrogens with zero attached hydrogens (tertiary/aromatic N) is 2. The van der Waals surface area contributed by atoms with Gasteiger partial charge in [-0.1, -0.05) is 11.6 Å². The molecule has 0 N–H and O–H groups in total. The van der Waals surface area contributed by atoms with Gasteiger partial charge in [0.25, 0.3) is 0 Å². The van der Waals surface area contributed by atoms with Gasteiger partial charge in [-0.25, -0.2) is 0 Å². The number of aliphatic imine (C=N–C) groups is 1. The molecule has 2 unspecified atom stereocenters. The Labute approximate surface area is 71.2 Å². The van der Waals surface area contributed by atoms with Crippen LogP contribution < -0.4 is 0 Å². The molecule has 0 aromatic carbocycles. The minimum atomic E-state index is -0.0833. The van der Waals surface area contributed by atoms with E-state index in [1.165, 1.54) is 0 Å². The summed E-state index contributed by atoms with van der Waals surface area (Å²) in [6, 6.07) is 2.36. The molecule has 58 valence electrons. The molecule has 0 bridgehead atoms. The smallest absolute Gasteiger partial charge is 0.0698 e. The molecule has 0 aromatic heterocycles. The van der Waals surface area contributed by atoms with Crippen molar-refractivity contribution in [2.75, 3.05) is 0 Å². The zero-order chi connectivity index (χ0) is 8.27. The summed E-state index contributed by atoms with van der Waals surface area (Å²) >= 11 is 5.72. The number of rotatable bonds is 0. The van der Waals surface area contributed by atoms with Gasteiger partial charge in [-0.2, -0.15) is 5.26 Å². The Morgan fingerprint density at radius 3 is 3.18 bits per heavy atom. The van der Waals surface area contributed by atoms with Crippen LogP contribution >= 0.6 is 11.6 Å². The second-order valence-corrected chi connectivity index (χ2v) is 3.09. The highest BCUT2D eigenvalue weighted by Crippen LogP contribution is 2.16. The first-order valence-corrected chi connectivity index (χ1v) is 3.90. The third kappa shape index (κ3) is 2.36. The highest BCUT2D eigenvalue weighted by atomic mass is 35.5. The maximum atomic E-state index is 8.64. The van der Waals surface area contributed by atoms with E-state index in [4.69, 9.17) is 16.9 Å². The van der Waals surface area contributed by atoms with E-state index in [0.717, 1.165) is 6.42 Å². The van der Waals surface area contributed by atoms with Crippen molar-refractivity contribution in [3.63, 3.8) is 0 Å². The van der Waals surface area contributed by atoms with Crippen molar-refractivity contribution in [2.45, 2.75) is 19.4 Å². The van der Waals surface area contributed by atoms with E-state index in [9.17, 15) is 0 Å². The molecule has 1 aliphatic rings. The average Bonchev–Trinajstić information content (AvgIpc) is 2.13. The molecule has 1 rings (SSSR count). The topological polar surface area (TPSA) is 36.1 Å². The van der Waals surface area contributed by atoms with Gasteiger partial charge in [0.2, 0.25) is 0 Å². The Bertz CT molecular complexity index is 237. The van der Waals surface area contributed by atoms with Gasteiger partial charge in [0, 0.05) is 12.3 Å². The van der Waals surface area contributed by atoms with Gasteiger partial charge in [-0.15, -0.1) is 0 Å². The fraction of sp³-hybridized carbons (Fsp3) is 0.500. The van der Waals surface area contributed by atoms with E-state index in [2.05, 4.69) is 11.1 Å². The van der Waals surface area contributed by atoms with Crippen molar-refractivity contribution >= 4 is 17.8 Å². The first-order valence-electron chi connectivity index (χ1n) is 3.52. The van der Waals surface area contributed by atoms with Crippen LogP contribution in [0.4, 0.5) is 0 Å². The number of nitriles is 1. The van der Waals surface area contributed by atoms with Crippen LogP contribution in [0.3, 0.4) is 0 Å². The zero-order valence-corrected chi connectivity index (χ0v) is 7.04. The number of hydrogen-bond donors (Lipinski definition) is 0. The fourth-order valence-corrected chi connectivity index (χ4v) is 1.23. The van der Waals surface area contributed by atoms with E-state index >= 15 is 0 Å². The van der Waals surface area contributed by atoms with Crippen LogP contribution in [0, 0.1) is 17.2 Å². The molecule has 0 radical (unpaired) electrons. The molecule has 0 saturated carbocycles. The molecule has 2 atom stereocenters. The summed E-state index contributed by atoms with van der Waals surface area (Å²) in [6.45, 7) is 1.98. The highest BCUT2D eigenvalue weighted by Gasteiger charge is 2.12. The second kappa shape index (κ2) is 3.54. The normalized spacial score (nSPS) is 30.5. The molecule has 0 amide bonds. The summed E-state index contributed by atoms with van der Waals surface area (Å²) < 4.78 is 0. The number of halogens is 1. The lowest BCUT2D eigenvalue weighted by atomic mass is 10.0. The van der Waals surface area contributed by atoms with Crippen molar-refractivity contribution in [1.29, 1.82) is 5.26 Å². The van der Waals surface area contributed by atoms with Gasteiger partial charge >= 0.3 is 0 Å². The molecule has 0 aliphatic carbocycles. The predicted octanol–water partition coefficient (Wildman–Crippen LogP) is 2.11. The van der Waals surface area contributed by atoms with Crippen LogP contribution in [0.25, 0.3) is 0 Å². The van der Waals surface area contributed by atoms with E-state index < -0.39 is 0 Å². The second-order valence-electron chi connectivity index (χ2n) is 2.65. The number of allylic oxidation sites excluding steroid dienone is 2. The molecule has 0 spiro atoms. The molecular weight excluding hydrogens is 160 g/mol. The standard InChI is InChI=1S/C8H9ClN2/c1-6-2-7(4-10)3-8(9)5-11-6/h3,5-7H,2H2,1H3. The van der Waals surface area contributed by atoms with E-state index in [-0.39, 0.29) is 12.0 Å². The van der Waals surface area contributed by atoms with Gasteiger partial charge in [-0.3, -0.25) is 4.99 Å². The van der Waals surface area contributed by atoms with Gasteiger partial charge in [0.05, 0.1) is 17.0 Å².